The number of aromatic nitrogens is 4. The van der Waals surface area contributed by atoms with Crippen molar-refractivity contribution in [2.24, 2.45) is 0 Å². The third-order valence-corrected chi connectivity index (χ3v) is 3.28. The molecule has 2 heterocycles. The molecular weight excluding hydrogens is 266 g/mol. The number of ether oxygens (including phenoxy) is 1. The number of fused-ring (bicyclic) bond motifs is 1. The van der Waals surface area contributed by atoms with Gasteiger partial charge in [0.15, 0.2) is 11.5 Å². The Balaban J connectivity index is 1.75. The average molecular weight is 283 g/mol. The fourth-order valence-electron chi connectivity index (χ4n) is 2.15. The maximum Gasteiger partial charge on any atom is 0.320 e. The first kappa shape index (κ1) is 13.4. The van der Waals surface area contributed by atoms with Crippen molar-refractivity contribution in [2.75, 3.05) is 12.3 Å². The fourth-order valence-corrected chi connectivity index (χ4v) is 2.15. The highest BCUT2D eigenvalue weighted by Gasteiger charge is 2.11. The summed E-state index contributed by atoms with van der Waals surface area (Å²) in [5.74, 6) is 0.349. The van der Waals surface area contributed by atoms with E-state index in [1.54, 1.807) is 6.33 Å². The van der Waals surface area contributed by atoms with Gasteiger partial charge in [-0.05, 0) is 12.5 Å². The summed E-state index contributed by atoms with van der Waals surface area (Å²) in [6.45, 7) is 3.31. The predicted molar refractivity (Wildman–Crippen MR) is 81.1 cm³/mol. The first-order valence-corrected chi connectivity index (χ1v) is 6.93. The molecule has 21 heavy (non-hydrogen) atoms. The summed E-state index contributed by atoms with van der Waals surface area (Å²) in [6.07, 6.45) is 2.51. The minimum Gasteiger partial charge on any atom is -0.463 e. The van der Waals surface area contributed by atoms with E-state index < -0.39 is 0 Å². The van der Waals surface area contributed by atoms with Crippen molar-refractivity contribution < 1.29 is 4.74 Å². The lowest BCUT2D eigenvalue weighted by Crippen LogP contribution is -2.07. The molecule has 0 bridgehead atoms. The number of hydrogen-bond donors (Lipinski definition) is 1. The second-order valence-corrected chi connectivity index (χ2v) is 4.68. The second-order valence-electron chi connectivity index (χ2n) is 4.68. The predicted octanol–water partition coefficient (Wildman–Crippen LogP) is 2.05. The summed E-state index contributed by atoms with van der Waals surface area (Å²) in [7, 11) is 0. The Morgan fingerprint density at radius 1 is 1.19 bits per heavy atom. The van der Waals surface area contributed by atoms with Gasteiger partial charge in [0, 0.05) is 13.0 Å². The van der Waals surface area contributed by atoms with Crippen molar-refractivity contribution in [1.82, 2.24) is 19.5 Å². The van der Waals surface area contributed by atoms with Gasteiger partial charge in [-0.2, -0.15) is 9.97 Å². The van der Waals surface area contributed by atoms with Gasteiger partial charge < -0.3 is 15.0 Å². The summed E-state index contributed by atoms with van der Waals surface area (Å²) < 4.78 is 7.54. The van der Waals surface area contributed by atoms with Gasteiger partial charge in [0.05, 0.1) is 12.9 Å². The summed E-state index contributed by atoms with van der Waals surface area (Å²) in [5.41, 5.74) is 8.44. The van der Waals surface area contributed by atoms with Crippen LogP contribution >= 0.6 is 0 Å². The number of hydrogen-bond acceptors (Lipinski definition) is 5. The van der Waals surface area contributed by atoms with Crippen molar-refractivity contribution >= 4 is 17.0 Å². The van der Waals surface area contributed by atoms with E-state index in [9.17, 15) is 0 Å². The molecule has 6 nitrogen and oxygen atoms in total. The van der Waals surface area contributed by atoms with Crippen molar-refractivity contribution in [3.05, 3.63) is 42.2 Å². The van der Waals surface area contributed by atoms with E-state index in [2.05, 4.69) is 27.1 Å². The molecule has 0 aliphatic carbocycles. The molecular formula is C15H17N5O. The zero-order chi connectivity index (χ0) is 14.7. The summed E-state index contributed by atoms with van der Waals surface area (Å²) in [4.78, 5) is 12.7. The smallest absolute Gasteiger partial charge is 0.320 e. The van der Waals surface area contributed by atoms with Crippen LogP contribution in [0.5, 0.6) is 6.01 Å². The maximum absolute atomic E-state index is 5.90. The molecule has 3 aromatic rings. The highest BCUT2D eigenvalue weighted by molar-refractivity contribution is 5.81. The van der Waals surface area contributed by atoms with Crippen LogP contribution in [-0.4, -0.2) is 26.1 Å². The molecule has 0 unspecified atom stereocenters. The minimum absolute atomic E-state index is 0.297. The van der Waals surface area contributed by atoms with Gasteiger partial charge in [-0.25, -0.2) is 4.98 Å². The molecule has 2 aromatic heterocycles. The minimum atomic E-state index is 0.297. The van der Waals surface area contributed by atoms with Crippen molar-refractivity contribution in [3.8, 4) is 6.01 Å². The van der Waals surface area contributed by atoms with Gasteiger partial charge in [0.1, 0.15) is 5.52 Å². The standard InChI is InChI=1S/C15H17N5O/c1-2-20-10-17-12-13(16)18-15(19-14(12)20)21-9-8-11-6-4-3-5-7-11/h3-7,10H,2,8-9H2,1H3,(H2,16,18,19). The first-order valence-electron chi connectivity index (χ1n) is 6.93. The topological polar surface area (TPSA) is 78.9 Å². The third-order valence-electron chi connectivity index (χ3n) is 3.28. The molecule has 0 spiro atoms. The zero-order valence-corrected chi connectivity index (χ0v) is 11.9. The third kappa shape index (κ3) is 2.79. The van der Waals surface area contributed by atoms with Crippen LogP contribution in [0.1, 0.15) is 12.5 Å². The van der Waals surface area contributed by atoms with E-state index in [1.165, 1.54) is 5.56 Å². The summed E-state index contributed by atoms with van der Waals surface area (Å²) in [5, 5.41) is 0. The average Bonchev–Trinajstić information content (AvgIpc) is 2.92. The molecule has 108 valence electrons. The van der Waals surface area contributed by atoms with Gasteiger partial charge in [0.25, 0.3) is 0 Å². The lowest BCUT2D eigenvalue weighted by molar-refractivity contribution is 0.297. The van der Waals surface area contributed by atoms with Gasteiger partial charge in [-0.15, -0.1) is 0 Å². The van der Waals surface area contributed by atoms with E-state index in [0.717, 1.165) is 13.0 Å². The number of benzene rings is 1. The van der Waals surface area contributed by atoms with Crippen molar-refractivity contribution in [1.29, 1.82) is 0 Å². The molecule has 0 amide bonds. The molecule has 0 aliphatic rings. The number of nitrogen functional groups attached to an aromatic ring is 1. The maximum atomic E-state index is 5.90. The lowest BCUT2D eigenvalue weighted by atomic mass is 10.2. The van der Waals surface area contributed by atoms with Crippen molar-refractivity contribution in [2.45, 2.75) is 19.9 Å². The number of imidazole rings is 1. The van der Waals surface area contributed by atoms with Crippen LogP contribution in [0.4, 0.5) is 5.82 Å². The van der Waals surface area contributed by atoms with Crippen LogP contribution in [0, 0.1) is 0 Å². The molecule has 1 aromatic carbocycles. The Hall–Kier alpha value is -2.63. The fraction of sp³-hybridized carbons (Fsp3) is 0.267. The van der Waals surface area contributed by atoms with E-state index in [0.29, 0.717) is 29.6 Å². The largest absolute Gasteiger partial charge is 0.463 e. The van der Waals surface area contributed by atoms with Crippen LogP contribution in [0.15, 0.2) is 36.7 Å². The SMILES string of the molecule is CCn1cnc2c(N)nc(OCCc3ccccc3)nc21. The number of nitrogens with two attached hydrogens (primary N) is 1. The second kappa shape index (κ2) is 5.78. The number of rotatable bonds is 5. The molecule has 0 atom stereocenters. The van der Waals surface area contributed by atoms with Crippen LogP contribution in [0.3, 0.4) is 0 Å². The van der Waals surface area contributed by atoms with E-state index >= 15 is 0 Å². The highest BCUT2D eigenvalue weighted by atomic mass is 16.5. The molecule has 0 fully saturated rings. The molecule has 6 heteroatoms. The van der Waals surface area contributed by atoms with Crippen LogP contribution in [-0.2, 0) is 13.0 Å². The van der Waals surface area contributed by atoms with E-state index in [1.807, 2.05) is 29.7 Å². The van der Waals surface area contributed by atoms with Gasteiger partial charge in [-0.3, -0.25) is 0 Å². The van der Waals surface area contributed by atoms with Crippen LogP contribution in [0.25, 0.3) is 11.2 Å². The Morgan fingerprint density at radius 2 is 2.00 bits per heavy atom. The monoisotopic (exact) mass is 283 g/mol. The zero-order valence-electron chi connectivity index (χ0n) is 11.9. The van der Waals surface area contributed by atoms with Gasteiger partial charge in [-0.1, -0.05) is 30.3 Å². The number of anilines is 1. The highest BCUT2D eigenvalue weighted by Crippen LogP contribution is 2.19. The number of aryl methyl sites for hydroxylation is 1. The molecule has 0 saturated heterocycles. The Bertz CT molecular complexity index is 738. The Labute approximate surface area is 122 Å². The summed E-state index contributed by atoms with van der Waals surface area (Å²) in [6, 6.07) is 10.4. The normalized spacial score (nSPS) is 10.9. The number of nitrogens with zero attached hydrogens (tertiary/aromatic N) is 4. The van der Waals surface area contributed by atoms with Gasteiger partial charge >= 0.3 is 6.01 Å². The molecule has 0 radical (unpaired) electrons. The Morgan fingerprint density at radius 3 is 2.76 bits per heavy atom. The van der Waals surface area contributed by atoms with Crippen molar-refractivity contribution in [3.63, 3.8) is 0 Å². The van der Waals surface area contributed by atoms with E-state index in [4.69, 9.17) is 10.5 Å². The van der Waals surface area contributed by atoms with Crippen LogP contribution in [0.2, 0.25) is 0 Å². The molecule has 3 rings (SSSR count). The van der Waals surface area contributed by atoms with E-state index in [-0.39, 0.29) is 0 Å². The lowest BCUT2D eigenvalue weighted by Gasteiger charge is -2.06. The van der Waals surface area contributed by atoms with Crippen LogP contribution < -0.4 is 10.5 Å². The first-order chi connectivity index (χ1) is 10.3. The van der Waals surface area contributed by atoms with Gasteiger partial charge in [0.2, 0.25) is 0 Å². The molecule has 0 saturated carbocycles. The quantitative estimate of drug-likeness (QED) is 0.775. The molecule has 2 N–H and O–H groups in total. The molecule has 0 aliphatic heterocycles. The summed E-state index contributed by atoms with van der Waals surface area (Å²) >= 11 is 0. The Kier molecular flexibility index (Phi) is 3.68.